The van der Waals surface area contributed by atoms with Gasteiger partial charge in [0.1, 0.15) is 11.6 Å². The zero-order valence-corrected chi connectivity index (χ0v) is 15.6. The summed E-state index contributed by atoms with van der Waals surface area (Å²) in [5.74, 6) is 3.08. The lowest BCUT2D eigenvalue weighted by Gasteiger charge is -2.34. The van der Waals surface area contributed by atoms with Gasteiger partial charge in [0.2, 0.25) is 5.95 Å². The van der Waals surface area contributed by atoms with E-state index >= 15 is 0 Å². The molecule has 3 heterocycles. The van der Waals surface area contributed by atoms with Gasteiger partial charge < -0.3 is 14.6 Å². The maximum absolute atomic E-state index is 5.53. The number of anilines is 2. The van der Waals surface area contributed by atoms with E-state index in [0.29, 0.717) is 5.92 Å². The molecule has 0 aromatic carbocycles. The van der Waals surface area contributed by atoms with Crippen LogP contribution in [0.3, 0.4) is 0 Å². The third-order valence-corrected chi connectivity index (χ3v) is 4.43. The molecule has 1 aliphatic heterocycles. The first-order valence-electron chi connectivity index (χ1n) is 9.06. The monoisotopic (exact) mass is 344 g/mol. The predicted molar refractivity (Wildman–Crippen MR) is 99.0 cm³/mol. The van der Waals surface area contributed by atoms with Gasteiger partial charge in [0.05, 0.1) is 5.69 Å². The molecule has 0 bridgehead atoms. The van der Waals surface area contributed by atoms with Crippen molar-refractivity contribution < 1.29 is 4.42 Å². The van der Waals surface area contributed by atoms with E-state index in [0.717, 1.165) is 68.2 Å². The van der Waals surface area contributed by atoms with Gasteiger partial charge in [0.15, 0.2) is 6.39 Å². The fraction of sp³-hybridized carbons (Fsp3) is 0.611. The molecule has 1 aliphatic rings. The van der Waals surface area contributed by atoms with E-state index in [4.69, 9.17) is 4.42 Å². The summed E-state index contributed by atoms with van der Waals surface area (Å²) < 4.78 is 5.53. The highest BCUT2D eigenvalue weighted by Crippen LogP contribution is 2.21. The number of rotatable bonds is 6. The summed E-state index contributed by atoms with van der Waals surface area (Å²) in [4.78, 5) is 18.3. The van der Waals surface area contributed by atoms with Gasteiger partial charge in [-0.25, -0.2) is 9.97 Å². The van der Waals surface area contributed by atoms with Gasteiger partial charge in [-0.15, -0.1) is 0 Å². The number of piperazine rings is 1. The van der Waals surface area contributed by atoms with Crippen molar-refractivity contribution in [1.29, 1.82) is 0 Å². The van der Waals surface area contributed by atoms with Gasteiger partial charge in [-0.2, -0.15) is 4.98 Å². The van der Waals surface area contributed by atoms with Crippen molar-refractivity contribution in [2.45, 2.75) is 40.2 Å². The van der Waals surface area contributed by atoms with Crippen LogP contribution in [-0.2, 0) is 6.54 Å². The first kappa shape index (κ1) is 17.7. The summed E-state index contributed by atoms with van der Waals surface area (Å²) in [7, 11) is 0. The first-order chi connectivity index (χ1) is 12.1. The minimum Gasteiger partial charge on any atom is -0.448 e. The van der Waals surface area contributed by atoms with Crippen molar-refractivity contribution in [3.05, 3.63) is 29.6 Å². The van der Waals surface area contributed by atoms with Crippen molar-refractivity contribution in [2.24, 2.45) is 0 Å². The topological polar surface area (TPSA) is 70.3 Å². The van der Waals surface area contributed by atoms with Crippen molar-refractivity contribution in [1.82, 2.24) is 19.9 Å². The zero-order valence-electron chi connectivity index (χ0n) is 15.6. The maximum atomic E-state index is 5.53. The van der Waals surface area contributed by atoms with Crippen LogP contribution in [0.5, 0.6) is 0 Å². The standard InChI is InChI=1S/C18H28N6O/c1-5-19-16-10-14(4)21-18(22-16)24-8-6-23(7-9-24)11-15-17(13(2)3)25-12-20-15/h10,12-13H,5-9,11H2,1-4H3,(H,19,21,22). The van der Waals surface area contributed by atoms with Gasteiger partial charge in [0.25, 0.3) is 0 Å². The minimum absolute atomic E-state index is 0.365. The van der Waals surface area contributed by atoms with Crippen LogP contribution < -0.4 is 10.2 Å². The second-order valence-electron chi connectivity index (χ2n) is 6.81. The molecule has 2 aromatic heterocycles. The SMILES string of the molecule is CCNc1cc(C)nc(N2CCN(Cc3ncoc3C(C)C)CC2)n1. The lowest BCUT2D eigenvalue weighted by Crippen LogP contribution is -2.46. The van der Waals surface area contributed by atoms with Crippen LogP contribution in [-0.4, -0.2) is 52.6 Å². The van der Waals surface area contributed by atoms with Crippen LogP contribution >= 0.6 is 0 Å². The molecule has 25 heavy (non-hydrogen) atoms. The molecule has 0 spiro atoms. The normalized spacial score (nSPS) is 15.8. The predicted octanol–water partition coefficient (Wildman–Crippen LogP) is 2.65. The van der Waals surface area contributed by atoms with E-state index in [1.165, 1.54) is 0 Å². The Labute approximate surface area is 149 Å². The Morgan fingerprint density at radius 2 is 1.96 bits per heavy atom. The van der Waals surface area contributed by atoms with Gasteiger partial charge in [-0.1, -0.05) is 13.8 Å². The average Bonchev–Trinajstić information content (AvgIpc) is 3.04. The molecule has 0 saturated carbocycles. The third kappa shape index (κ3) is 4.28. The molecule has 0 unspecified atom stereocenters. The molecule has 2 aromatic rings. The zero-order chi connectivity index (χ0) is 17.8. The maximum Gasteiger partial charge on any atom is 0.227 e. The largest absolute Gasteiger partial charge is 0.448 e. The molecule has 1 fully saturated rings. The molecule has 0 radical (unpaired) electrons. The highest BCUT2D eigenvalue weighted by Gasteiger charge is 2.22. The lowest BCUT2D eigenvalue weighted by atomic mass is 10.1. The second kappa shape index (κ2) is 7.82. The van der Waals surface area contributed by atoms with Crippen LogP contribution in [0, 0.1) is 6.92 Å². The molecule has 1 saturated heterocycles. The van der Waals surface area contributed by atoms with Crippen molar-refractivity contribution in [3.8, 4) is 0 Å². The van der Waals surface area contributed by atoms with Crippen LogP contribution in [0.1, 0.15) is 43.8 Å². The van der Waals surface area contributed by atoms with E-state index in [1.807, 2.05) is 13.0 Å². The highest BCUT2D eigenvalue weighted by atomic mass is 16.3. The quantitative estimate of drug-likeness (QED) is 0.864. The molecule has 7 nitrogen and oxygen atoms in total. The number of hydrogen-bond acceptors (Lipinski definition) is 7. The Bertz CT molecular complexity index is 691. The summed E-state index contributed by atoms with van der Waals surface area (Å²) in [6.07, 6.45) is 1.56. The number of hydrogen-bond donors (Lipinski definition) is 1. The molecule has 1 N–H and O–H groups in total. The number of aryl methyl sites for hydroxylation is 1. The average molecular weight is 344 g/mol. The Morgan fingerprint density at radius 3 is 2.64 bits per heavy atom. The summed E-state index contributed by atoms with van der Waals surface area (Å²) in [6, 6.07) is 1.99. The van der Waals surface area contributed by atoms with Crippen LogP contribution in [0.2, 0.25) is 0 Å². The molecule has 0 atom stereocenters. The number of nitrogens with zero attached hydrogens (tertiary/aromatic N) is 5. The van der Waals surface area contributed by atoms with Crippen molar-refractivity contribution in [2.75, 3.05) is 42.9 Å². The van der Waals surface area contributed by atoms with Crippen LogP contribution in [0.25, 0.3) is 0 Å². The second-order valence-corrected chi connectivity index (χ2v) is 6.81. The summed E-state index contributed by atoms with van der Waals surface area (Å²) in [6.45, 7) is 13.8. The Kier molecular flexibility index (Phi) is 5.53. The van der Waals surface area contributed by atoms with E-state index in [9.17, 15) is 0 Å². The van der Waals surface area contributed by atoms with Crippen molar-refractivity contribution in [3.63, 3.8) is 0 Å². The fourth-order valence-corrected chi connectivity index (χ4v) is 3.15. The highest BCUT2D eigenvalue weighted by molar-refractivity contribution is 5.43. The molecule has 0 amide bonds. The molecule has 7 heteroatoms. The molecular weight excluding hydrogens is 316 g/mol. The van der Waals surface area contributed by atoms with Gasteiger partial charge in [0, 0.05) is 56.9 Å². The van der Waals surface area contributed by atoms with Gasteiger partial charge in [-0.05, 0) is 13.8 Å². The molecule has 3 rings (SSSR count). The van der Waals surface area contributed by atoms with Crippen LogP contribution in [0.4, 0.5) is 11.8 Å². The number of oxazole rings is 1. The minimum atomic E-state index is 0.365. The summed E-state index contributed by atoms with van der Waals surface area (Å²) in [5.41, 5.74) is 2.05. The van der Waals surface area contributed by atoms with Gasteiger partial charge >= 0.3 is 0 Å². The Hall–Kier alpha value is -2.15. The number of aromatic nitrogens is 3. The Morgan fingerprint density at radius 1 is 1.20 bits per heavy atom. The molecule has 0 aliphatic carbocycles. The Balaban J connectivity index is 1.61. The fourth-order valence-electron chi connectivity index (χ4n) is 3.15. The third-order valence-electron chi connectivity index (χ3n) is 4.43. The van der Waals surface area contributed by atoms with Crippen LogP contribution in [0.15, 0.2) is 16.9 Å². The van der Waals surface area contributed by atoms with E-state index in [2.05, 4.69) is 50.8 Å². The van der Waals surface area contributed by atoms with Crippen molar-refractivity contribution >= 4 is 11.8 Å². The van der Waals surface area contributed by atoms with E-state index in [-0.39, 0.29) is 0 Å². The summed E-state index contributed by atoms with van der Waals surface area (Å²) in [5, 5.41) is 3.28. The van der Waals surface area contributed by atoms with E-state index in [1.54, 1.807) is 6.39 Å². The molecular formula is C18H28N6O. The first-order valence-corrected chi connectivity index (χ1v) is 9.06. The van der Waals surface area contributed by atoms with Gasteiger partial charge in [-0.3, -0.25) is 4.90 Å². The number of nitrogens with one attached hydrogen (secondary N) is 1. The summed E-state index contributed by atoms with van der Waals surface area (Å²) >= 11 is 0. The smallest absolute Gasteiger partial charge is 0.227 e. The lowest BCUT2D eigenvalue weighted by molar-refractivity contribution is 0.244. The van der Waals surface area contributed by atoms with E-state index < -0.39 is 0 Å². The molecule has 136 valence electrons.